The third-order valence-corrected chi connectivity index (χ3v) is 4.37. The third-order valence-electron chi connectivity index (χ3n) is 4.37. The summed E-state index contributed by atoms with van der Waals surface area (Å²) in [5.74, 6) is 0. The summed E-state index contributed by atoms with van der Waals surface area (Å²) in [6.45, 7) is 5.50. The number of hydrogen-bond donors (Lipinski definition) is 1. The molecule has 0 spiro atoms. The van der Waals surface area contributed by atoms with E-state index in [2.05, 4.69) is 73.8 Å². The minimum Gasteiger partial charge on any atom is -0.319 e. The van der Waals surface area contributed by atoms with Crippen molar-refractivity contribution in [1.82, 2.24) is 5.32 Å². The molecule has 0 amide bonds. The predicted octanol–water partition coefficient (Wildman–Crippen LogP) is 4.10. The average Bonchev–Trinajstić information content (AvgIpc) is 2.50. The van der Waals surface area contributed by atoms with Crippen LogP contribution in [0, 0.1) is 6.92 Å². The molecular formula is C19H25N. The van der Waals surface area contributed by atoms with E-state index < -0.39 is 0 Å². The molecule has 106 valence electrons. The van der Waals surface area contributed by atoms with Gasteiger partial charge in [0, 0.05) is 12.0 Å². The van der Waals surface area contributed by atoms with Crippen molar-refractivity contribution in [3.8, 4) is 0 Å². The lowest BCUT2D eigenvalue weighted by Crippen LogP contribution is -2.38. The van der Waals surface area contributed by atoms with Crippen LogP contribution in [0.5, 0.6) is 0 Å². The number of likely N-dealkylation sites (N-methyl/N-ethyl adjacent to an activating group) is 1. The molecule has 2 aromatic rings. The van der Waals surface area contributed by atoms with Gasteiger partial charge in [-0.25, -0.2) is 0 Å². The molecule has 0 fully saturated rings. The van der Waals surface area contributed by atoms with Crippen molar-refractivity contribution in [3.63, 3.8) is 0 Å². The molecule has 0 bridgehead atoms. The first-order chi connectivity index (χ1) is 9.72. The normalized spacial score (nSPS) is 13.9. The van der Waals surface area contributed by atoms with E-state index >= 15 is 0 Å². The number of benzene rings is 2. The summed E-state index contributed by atoms with van der Waals surface area (Å²) < 4.78 is 0. The van der Waals surface area contributed by atoms with E-state index in [0.717, 1.165) is 19.4 Å². The quantitative estimate of drug-likeness (QED) is 0.830. The van der Waals surface area contributed by atoms with Crippen LogP contribution in [0.25, 0.3) is 0 Å². The highest BCUT2D eigenvalue weighted by Gasteiger charge is 2.30. The van der Waals surface area contributed by atoms with Crippen LogP contribution in [0.4, 0.5) is 0 Å². The Hall–Kier alpha value is -1.60. The molecule has 1 N–H and O–H groups in total. The van der Waals surface area contributed by atoms with Gasteiger partial charge in [0.15, 0.2) is 0 Å². The van der Waals surface area contributed by atoms with E-state index in [1.807, 2.05) is 7.05 Å². The molecule has 0 radical (unpaired) electrons. The zero-order chi connectivity index (χ0) is 14.4. The summed E-state index contributed by atoms with van der Waals surface area (Å²) in [6.07, 6.45) is 2.22. The van der Waals surface area contributed by atoms with Crippen molar-refractivity contribution < 1.29 is 0 Å². The fourth-order valence-corrected chi connectivity index (χ4v) is 3.02. The maximum atomic E-state index is 3.40. The standard InChI is InChI=1S/C19H25N/c1-4-19(15-20-3,18-12-6-5-7-13-18)14-17-11-9-8-10-16(17)2/h5-13,20H,4,14-15H2,1-3H3. The fourth-order valence-electron chi connectivity index (χ4n) is 3.02. The van der Waals surface area contributed by atoms with E-state index in [9.17, 15) is 0 Å². The molecule has 1 nitrogen and oxygen atoms in total. The summed E-state index contributed by atoms with van der Waals surface area (Å²) in [5.41, 5.74) is 4.44. The van der Waals surface area contributed by atoms with E-state index in [1.165, 1.54) is 16.7 Å². The van der Waals surface area contributed by atoms with Gasteiger partial charge < -0.3 is 5.32 Å². The second-order valence-corrected chi connectivity index (χ2v) is 5.63. The SMILES string of the molecule is CCC(CNC)(Cc1ccccc1C)c1ccccc1. The first kappa shape index (κ1) is 14.8. The van der Waals surface area contributed by atoms with Crippen LogP contribution in [0.15, 0.2) is 54.6 Å². The van der Waals surface area contributed by atoms with Crippen molar-refractivity contribution in [3.05, 3.63) is 71.3 Å². The number of hydrogen-bond acceptors (Lipinski definition) is 1. The third kappa shape index (κ3) is 3.10. The molecule has 1 heteroatoms. The molecule has 20 heavy (non-hydrogen) atoms. The van der Waals surface area contributed by atoms with Crippen molar-refractivity contribution in [2.45, 2.75) is 32.1 Å². The Morgan fingerprint density at radius 2 is 1.60 bits per heavy atom. The van der Waals surface area contributed by atoms with Gasteiger partial charge in [0.25, 0.3) is 0 Å². The summed E-state index contributed by atoms with van der Waals surface area (Å²) in [4.78, 5) is 0. The highest BCUT2D eigenvalue weighted by molar-refractivity contribution is 5.33. The summed E-state index contributed by atoms with van der Waals surface area (Å²) in [7, 11) is 2.05. The van der Waals surface area contributed by atoms with Gasteiger partial charge in [-0.1, -0.05) is 61.5 Å². The van der Waals surface area contributed by atoms with Crippen molar-refractivity contribution in [2.24, 2.45) is 0 Å². The topological polar surface area (TPSA) is 12.0 Å². The Bertz CT molecular complexity index is 532. The number of nitrogens with one attached hydrogen (secondary N) is 1. The van der Waals surface area contributed by atoms with Gasteiger partial charge in [0.1, 0.15) is 0 Å². The van der Waals surface area contributed by atoms with Crippen LogP contribution in [-0.2, 0) is 11.8 Å². The van der Waals surface area contributed by atoms with Gasteiger partial charge in [0.2, 0.25) is 0 Å². The lowest BCUT2D eigenvalue weighted by atomic mass is 9.73. The molecule has 0 heterocycles. The molecule has 0 aliphatic heterocycles. The molecule has 0 aromatic heterocycles. The van der Waals surface area contributed by atoms with Crippen LogP contribution >= 0.6 is 0 Å². The fraction of sp³-hybridized carbons (Fsp3) is 0.368. The van der Waals surface area contributed by atoms with Gasteiger partial charge in [-0.05, 0) is 43.5 Å². The molecule has 1 unspecified atom stereocenters. The smallest absolute Gasteiger partial charge is 0.0115 e. The van der Waals surface area contributed by atoms with Gasteiger partial charge in [-0.15, -0.1) is 0 Å². The number of aryl methyl sites for hydroxylation is 1. The first-order valence-corrected chi connectivity index (χ1v) is 7.46. The minimum atomic E-state index is 0.169. The molecule has 2 rings (SSSR count). The van der Waals surface area contributed by atoms with Gasteiger partial charge in [-0.2, -0.15) is 0 Å². The largest absolute Gasteiger partial charge is 0.319 e. The van der Waals surface area contributed by atoms with Gasteiger partial charge in [0.05, 0.1) is 0 Å². The first-order valence-electron chi connectivity index (χ1n) is 7.46. The average molecular weight is 267 g/mol. The summed E-state index contributed by atoms with van der Waals surface area (Å²) in [5, 5.41) is 3.40. The molecule has 0 aliphatic carbocycles. The Labute approximate surface area is 123 Å². The lowest BCUT2D eigenvalue weighted by Gasteiger charge is -2.34. The van der Waals surface area contributed by atoms with Crippen molar-refractivity contribution in [1.29, 1.82) is 0 Å². The van der Waals surface area contributed by atoms with Crippen LogP contribution in [-0.4, -0.2) is 13.6 Å². The van der Waals surface area contributed by atoms with Gasteiger partial charge >= 0.3 is 0 Å². The lowest BCUT2D eigenvalue weighted by molar-refractivity contribution is 0.390. The van der Waals surface area contributed by atoms with E-state index in [0.29, 0.717) is 0 Å². The second kappa shape index (κ2) is 6.71. The molecule has 2 aromatic carbocycles. The Balaban J connectivity index is 2.40. The Kier molecular flexibility index (Phi) is 4.97. The highest BCUT2D eigenvalue weighted by Crippen LogP contribution is 2.32. The molecule has 1 atom stereocenters. The van der Waals surface area contributed by atoms with E-state index in [4.69, 9.17) is 0 Å². The monoisotopic (exact) mass is 267 g/mol. The maximum Gasteiger partial charge on any atom is 0.0115 e. The van der Waals surface area contributed by atoms with Crippen molar-refractivity contribution in [2.75, 3.05) is 13.6 Å². The van der Waals surface area contributed by atoms with E-state index in [-0.39, 0.29) is 5.41 Å². The van der Waals surface area contributed by atoms with Crippen LogP contribution in [0.2, 0.25) is 0 Å². The molecule has 0 saturated carbocycles. The second-order valence-electron chi connectivity index (χ2n) is 5.63. The van der Waals surface area contributed by atoms with Crippen LogP contribution in [0.3, 0.4) is 0 Å². The Morgan fingerprint density at radius 1 is 0.950 bits per heavy atom. The zero-order valence-corrected chi connectivity index (χ0v) is 12.8. The van der Waals surface area contributed by atoms with Crippen molar-refractivity contribution >= 4 is 0 Å². The van der Waals surface area contributed by atoms with E-state index in [1.54, 1.807) is 0 Å². The highest BCUT2D eigenvalue weighted by atomic mass is 14.8. The molecule has 0 saturated heterocycles. The van der Waals surface area contributed by atoms with Crippen LogP contribution < -0.4 is 5.32 Å². The maximum absolute atomic E-state index is 3.40. The van der Waals surface area contributed by atoms with Crippen LogP contribution in [0.1, 0.15) is 30.0 Å². The summed E-state index contributed by atoms with van der Waals surface area (Å²) >= 11 is 0. The summed E-state index contributed by atoms with van der Waals surface area (Å²) in [6, 6.07) is 19.6. The number of rotatable bonds is 6. The zero-order valence-electron chi connectivity index (χ0n) is 12.8. The molecule has 0 aliphatic rings. The predicted molar refractivity (Wildman–Crippen MR) is 87.2 cm³/mol. The molecular weight excluding hydrogens is 242 g/mol. The van der Waals surface area contributed by atoms with Gasteiger partial charge in [-0.3, -0.25) is 0 Å². The Morgan fingerprint density at radius 3 is 2.20 bits per heavy atom. The minimum absolute atomic E-state index is 0.169.